The SMILES string of the molecule is COCC(C)N[C@@H](C)c1cccc(F)c1. The van der Waals surface area contributed by atoms with E-state index in [4.69, 9.17) is 4.74 Å². The van der Waals surface area contributed by atoms with Gasteiger partial charge in [0.2, 0.25) is 0 Å². The number of hydrogen-bond acceptors (Lipinski definition) is 2. The van der Waals surface area contributed by atoms with E-state index >= 15 is 0 Å². The predicted molar refractivity (Wildman–Crippen MR) is 59.3 cm³/mol. The molecule has 0 bridgehead atoms. The molecule has 0 amide bonds. The number of halogens is 1. The van der Waals surface area contributed by atoms with Gasteiger partial charge < -0.3 is 10.1 Å². The average molecular weight is 211 g/mol. The fraction of sp³-hybridized carbons (Fsp3) is 0.500. The first-order chi connectivity index (χ1) is 7.13. The van der Waals surface area contributed by atoms with Crippen molar-refractivity contribution >= 4 is 0 Å². The topological polar surface area (TPSA) is 21.3 Å². The highest BCUT2D eigenvalue weighted by molar-refractivity contribution is 5.19. The Morgan fingerprint density at radius 3 is 2.73 bits per heavy atom. The van der Waals surface area contributed by atoms with Crippen LogP contribution in [-0.2, 0) is 4.74 Å². The highest BCUT2D eigenvalue weighted by Crippen LogP contribution is 2.13. The maximum Gasteiger partial charge on any atom is 0.123 e. The molecular weight excluding hydrogens is 193 g/mol. The van der Waals surface area contributed by atoms with Gasteiger partial charge in [-0.05, 0) is 31.5 Å². The van der Waals surface area contributed by atoms with Crippen molar-refractivity contribution in [3.05, 3.63) is 35.6 Å². The minimum atomic E-state index is -0.194. The van der Waals surface area contributed by atoms with E-state index < -0.39 is 0 Å². The molecule has 0 saturated carbocycles. The lowest BCUT2D eigenvalue weighted by Crippen LogP contribution is -2.32. The van der Waals surface area contributed by atoms with Crippen molar-refractivity contribution in [3.8, 4) is 0 Å². The highest BCUT2D eigenvalue weighted by Gasteiger charge is 2.09. The Balaban J connectivity index is 2.56. The lowest BCUT2D eigenvalue weighted by molar-refractivity contribution is 0.167. The monoisotopic (exact) mass is 211 g/mol. The van der Waals surface area contributed by atoms with Crippen LogP contribution in [0.1, 0.15) is 25.5 Å². The maximum absolute atomic E-state index is 13.0. The molecule has 1 aromatic rings. The number of ether oxygens (including phenoxy) is 1. The number of hydrogen-bond donors (Lipinski definition) is 1. The van der Waals surface area contributed by atoms with Gasteiger partial charge in [-0.2, -0.15) is 0 Å². The molecule has 0 fully saturated rings. The van der Waals surface area contributed by atoms with Crippen molar-refractivity contribution in [2.45, 2.75) is 25.9 Å². The number of benzene rings is 1. The second-order valence-corrected chi connectivity index (χ2v) is 3.80. The first-order valence-corrected chi connectivity index (χ1v) is 5.14. The van der Waals surface area contributed by atoms with E-state index in [2.05, 4.69) is 5.32 Å². The van der Waals surface area contributed by atoms with Gasteiger partial charge in [-0.3, -0.25) is 0 Å². The number of nitrogens with one attached hydrogen (secondary N) is 1. The smallest absolute Gasteiger partial charge is 0.123 e. The van der Waals surface area contributed by atoms with Crippen LogP contribution >= 0.6 is 0 Å². The quantitative estimate of drug-likeness (QED) is 0.808. The second kappa shape index (κ2) is 5.83. The van der Waals surface area contributed by atoms with E-state index in [1.807, 2.05) is 19.9 Å². The van der Waals surface area contributed by atoms with E-state index in [-0.39, 0.29) is 17.9 Å². The lowest BCUT2D eigenvalue weighted by Gasteiger charge is -2.19. The summed E-state index contributed by atoms with van der Waals surface area (Å²) in [5, 5.41) is 3.33. The Kier molecular flexibility index (Phi) is 4.72. The van der Waals surface area contributed by atoms with Crippen LogP contribution in [0.4, 0.5) is 4.39 Å². The molecule has 0 saturated heterocycles. The van der Waals surface area contributed by atoms with Crippen molar-refractivity contribution in [1.82, 2.24) is 5.32 Å². The van der Waals surface area contributed by atoms with Crippen molar-refractivity contribution in [3.63, 3.8) is 0 Å². The zero-order valence-electron chi connectivity index (χ0n) is 9.46. The van der Waals surface area contributed by atoms with Crippen LogP contribution in [0.3, 0.4) is 0 Å². The molecule has 15 heavy (non-hydrogen) atoms. The standard InChI is InChI=1S/C12H18FNO/c1-9(8-15-3)14-10(2)11-5-4-6-12(13)7-11/h4-7,9-10,14H,8H2,1-3H3/t9?,10-/m0/s1. The molecule has 0 spiro atoms. The molecule has 1 unspecified atom stereocenters. The highest BCUT2D eigenvalue weighted by atomic mass is 19.1. The van der Waals surface area contributed by atoms with Gasteiger partial charge >= 0.3 is 0 Å². The summed E-state index contributed by atoms with van der Waals surface area (Å²) < 4.78 is 18.0. The minimum absolute atomic E-state index is 0.130. The molecule has 0 aliphatic heterocycles. The fourth-order valence-corrected chi connectivity index (χ4v) is 1.60. The van der Waals surface area contributed by atoms with Crippen LogP contribution in [0.25, 0.3) is 0 Å². The number of rotatable bonds is 5. The Morgan fingerprint density at radius 2 is 2.13 bits per heavy atom. The van der Waals surface area contributed by atoms with Crippen LogP contribution in [0.2, 0.25) is 0 Å². The Bertz CT molecular complexity index is 303. The summed E-state index contributed by atoms with van der Waals surface area (Å²) in [5.41, 5.74) is 0.956. The van der Waals surface area contributed by atoms with Gasteiger partial charge in [0.05, 0.1) is 6.61 Å². The van der Waals surface area contributed by atoms with Crippen LogP contribution < -0.4 is 5.32 Å². The van der Waals surface area contributed by atoms with Crippen molar-refractivity contribution in [2.75, 3.05) is 13.7 Å². The van der Waals surface area contributed by atoms with Gasteiger partial charge in [0.1, 0.15) is 5.82 Å². The summed E-state index contributed by atoms with van der Waals surface area (Å²) in [4.78, 5) is 0. The third-order valence-corrected chi connectivity index (χ3v) is 2.30. The fourth-order valence-electron chi connectivity index (χ4n) is 1.60. The van der Waals surface area contributed by atoms with E-state index in [9.17, 15) is 4.39 Å². The van der Waals surface area contributed by atoms with E-state index in [1.165, 1.54) is 6.07 Å². The normalized spacial score (nSPS) is 14.9. The summed E-state index contributed by atoms with van der Waals surface area (Å²) >= 11 is 0. The molecular formula is C12H18FNO. The third-order valence-electron chi connectivity index (χ3n) is 2.30. The summed E-state index contributed by atoms with van der Waals surface area (Å²) in [7, 11) is 1.67. The molecule has 0 aliphatic rings. The molecule has 0 aliphatic carbocycles. The number of methoxy groups -OCH3 is 1. The van der Waals surface area contributed by atoms with Crippen LogP contribution in [0.15, 0.2) is 24.3 Å². The Labute approximate surface area is 90.4 Å². The van der Waals surface area contributed by atoms with E-state index in [0.29, 0.717) is 6.61 Å². The molecule has 0 radical (unpaired) electrons. The van der Waals surface area contributed by atoms with Gasteiger partial charge in [-0.25, -0.2) is 4.39 Å². The maximum atomic E-state index is 13.0. The first kappa shape index (κ1) is 12.1. The minimum Gasteiger partial charge on any atom is -0.383 e. The Morgan fingerprint density at radius 1 is 1.40 bits per heavy atom. The van der Waals surface area contributed by atoms with E-state index in [1.54, 1.807) is 19.2 Å². The van der Waals surface area contributed by atoms with Crippen LogP contribution in [0, 0.1) is 5.82 Å². The largest absolute Gasteiger partial charge is 0.383 e. The molecule has 1 N–H and O–H groups in total. The van der Waals surface area contributed by atoms with Crippen molar-refractivity contribution in [2.24, 2.45) is 0 Å². The first-order valence-electron chi connectivity index (χ1n) is 5.14. The van der Waals surface area contributed by atoms with Gasteiger partial charge in [-0.1, -0.05) is 12.1 Å². The second-order valence-electron chi connectivity index (χ2n) is 3.80. The molecule has 0 heterocycles. The van der Waals surface area contributed by atoms with Crippen molar-refractivity contribution < 1.29 is 9.13 Å². The predicted octanol–water partition coefficient (Wildman–Crippen LogP) is 2.51. The van der Waals surface area contributed by atoms with Crippen LogP contribution in [0.5, 0.6) is 0 Å². The summed E-state index contributed by atoms with van der Waals surface area (Å²) in [5.74, 6) is -0.194. The summed E-state index contributed by atoms with van der Waals surface area (Å²) in [6, 6.07) is 7.04. The van der Waals surface area contributed by atoms with Crippen LogP contribution in [-0.4, -0.2) is 19.8 Å². The van der Waals surface area contributed by atoms with Gasteiger partial charge in [0.25, 0.3) is 0 Å². The van der Waals surface area contributed by atoms with Gasteiger partial charge in [0, 0.05) is 19.2 Å². The zero-order chi connectivity index (χ0) is 11.3. The van der Waals surface area contributed by atoms with Gasteiger partial charge in [0.15, 0.2) is 0 Å². The molecule has 84 valence electrons. The van der Waals surface area contributed by atoms with E-state index in [0.717, 1.165) is 5.56 Å². The zero-order valence-corrected chi connectivity index (χ0v) is 9.46. The third kappa shape index (κ3) is 3.98. The molecule has 1 rings (SSSR count). The Hall–Kier alpha value is -0.930. The average Bonchev–Trinajstić information content (AvgIpc) is 2.18. The molecule has 3 heteroatoms. The molecule has 2 atom stereocenters. The lowest BCUT2D eigenvalue weighted by atomic mass is 10.1. The summed E-state index contributed by atoms with van der Waals surface area (Å²) in [6.07, 6.45) is 0. The summed E-state index contributed by atoms with van der Waals surface area (Å²) in [6.45, 7) is 4.71. The van der Waals surface area contributed by atoms with Gasteiger partial charge in [-0.15, -0.1) is 0 Å². The molecule has 2 nitrogen and oxygen atoms in total. The van der Waals surface area contributed by atoms with Crippen molar-refractivity contribution in [1.29, 1.82) is 0 Å². The molecule has 1 aromatic carbocycles. The molecule has 0 aromatic heterocycles.